The van der Waals surface area contributed by atoms with Gasteiger partial charge in [-0.3, -0.25) is 9.59 Å². The van der Waals surface area contributed by atoms with Gasteiger partial charge < -0.3 is 4.90 Å². The Morgan fingerprint density at radius 1 is 0.971 bits per heavy atom. The van der Waals surface area contributed by atoms with Crippen LogP contribution in [0.15, 0.2) is 89.9 Å². The number of halogens is 1. The van der Waals surface area contributed by atoms with Crippen molar-refractivity contribution in [2.24, 2.45) is 0 Å². The zero-order valence-corrected chi connectivity index (χ0v) is 19.0. The van der Waals surface area contributed by atoms with Gasteiger partial charge in [-0.1, -0.05) is 60.1 Å². The SMILES string of the molecule is CN(Cc1cn(-c2ccccc2)nc1-c1ccc(Cl)cc1)C(=O)c1n[nH]c(=O)c2ccccc12. The summed E-state index contributed by atoms with van der Waals surface area (Å²) in [6.45, 7) is 0.290. The molecule has 0 saturated carbocycles. The van der Waals surface area contributed by atoms with E-state index in [4.69, 9.17) is 16.7 Å². The standard InChI is InChI=1S/C26H20ClN5O2/c1-31(26(34)24-21-9-5-6-10-22(21)25(33)29-28-24)15-18-16-32(20-7-3-2-4-8-20)30-23(18)17-11-13-19(27)14-12-17/h2-14,16H,15H2,1H3,(H,29,33). The molecule has 8 heteroatoms. The summed E-state index contributed by atoms with van der Waals surface area (Å²) in [5, 5.41) is 12.9. The van der Waals surface area contributed by atoms with Crippen LogP contribution in [0, 0.1) is 0 Å². The van der Waals surface area contributed by atoms with Crippen LogP contribution in [-0.2, 0) is 6.54 Å². The van der Waals surface area contributed by atoms with Crippen molar-refractivity contribution in [3.8, 4) is 16.9 Å². The number of hydrogen-bond donors (Lipinski definition) is 1. The molecule has 1 amide bonds. The van der Waals surface area contributed by atoms with Crippen LogP contribution in [0.2, 0.25) is 5.02 Å². The third kappa shape index (κ3) is 4.09. The smallest absolute Gasteiger partial charge is 0.274 e. The maximum absolute atomic E-state index is 13.3. The van der Waals surface area contributed by atoms with Crippen LogP contribution >= 0.6 is 11.6 Å². The summed E-state index contributed by atoms with van der Waals surface area (Å²) in [6.07, 6.45) is 1.92. The number of carbonyl (C=O) groups excluding carboxylic acids is 1. The van der Waals surface area contributed by atoms with Gasteiger partial charge in [0, 0.05) is 41.3 Å². The second kappa shape index (κ2) is 8.96. The van der Waals surface area contributed by atoms with Crippen LogP contribution < -0.4 is 5.56 Å². The molecule has 0 unspecified atom stereocenters. The molecule has 0 bridgehead atoms. The third-order valence-corrected chi connectivity index (χ3v) is 5.83. The Morgan fingerprint density at radius 2 is 1.65 bits per heavy atom. The van der Waals surface area contributed by atoms with E-state index in [2.05, 4.69) is 10.2 Å². The van der Waals surface area contributed by atoms with Gasteiger partial charge in [0.05, 0.1) is 16.8 Å². The topological polar surface area (TPSA) is 83.9 Å². The molecule has 0 spiro atoms. The molecule has 0 aliphatic rings. The molecular formula is C26H20ClN5O2. The molecule has 0 fully saturated rings. The zero-order valence-electron chi connectivity index (χ0n) is 18.3. The van der Waals surface area contributed by atoms with Crippen molar-refractivity contribution in [1.29, 1.82) is 0 Å². The minimum atomic E-state index is -0.330. The molecule has 5 aromatic rings. The predicted octanol–water partition coefficient (Wildman–Crippen LogP) is 4.70. The van der Waals surface area contributed by atoms with Crippen LogP contribution in [0.3, 0.4) is 0 Å². The minimum absolute atomic E-state index is 0.196. The molecule has 34 heavy (non-hydrogen) atoms. The lowest BCUT2D eigenvalue weighted by Crippen LogP contribution is -2.28. The lowest BCUT2D eigenvalue weighted by Gasteiger charge is -2.17. The molecule has 0 radical (unpaired) electrons. The number of hydrogen-bond acceptors (Lipinski definition) is 4. The van der Waals surface area contributed by atoms with Crippen LogP contribution in [0.5, 0.6) is 0 Å². The van der Waals surface area contributed by atoms with E-state index < -0.39 is 0 Å². The second-order valence-corrected chi connectivity index (χ2v) is 8.33. The number of rotatable bonds is 5. The van der Waals surface area contributed by atoms with Gasteiger partial charge in [0.1, 0.15) is 0 Å². The van der Waals surface area contributed by atoms with Gasteiger partial charge in [0.15, 0.2) is 5.69 Å². The lowest BCUT2D eigenvalue weighted by atomic mass is 10.1. The van der Waals surface area contributed by atoms with Crippen molar-refractivity contribution >= 4 is 28.3 Å². The van der Waals surface area contributed by atoms with Crippen molar-refractivity contribution in [1.82, 2.24) is 24.9 Å². The summed E-state index contributed by atoms with van der Waals surface area (Å²) in [5.74, 6) is -0.304. The Bertz CT molecular complexity index is 1540. The molecule has 3 aromatic carbocycles. The first-order valence-electron chi connectivity index (χ1n) is 10.6. The molecular weight excluding hydrogens is 450 g/mol. The quantitative estimate of drug-likeness (QED) is 0.404. The average Bonchev–Trinajstić information content (AvgIpc) is 3.29. The number of nitrogens with zero attached hydrogens (tertiary/aromatic N) is 4. The van der Waals surface area contributed by atoms with Crippen LogP contribution in [0.4, 0.5) is 0 Å². The molecule has 5 rings (SSSR count). The Hall–Kier alpha value is -4.23. The molecule has 7 nitrogen and oxygen atoms in total. The van der Waals surface area contributed by atoms with E-state index >= 15 is 0 Å². The van der Waals surface area contributed by atoms with Gasteiger partial charge in [-0.2, -0.15) is 10.2 Å². The Kier molecular flexibility index (Phi) is 5.69. The van der Waals surface area contributed by atoms with E-state index in [0.29, 0.717) is 22.3 Å². The van der Waals surface area contributed by atoms with Gasteiger partial charge >= 0.3 is 0 Å². The highest BCUT2D eigenvalue weighted by molar-refractivity contribution is 6.30. The normalized spacial score (nSPS) is 11.0. The van der Waals surface area contributed by atoms with E-state index in [1.807, 2.05) is 60.8 Å². The van der Waals surface area contributed by atoms with E-state index in [1.54, 1.807) is 40.9 Å². The van der Waals surface area contributed by atoms with Crippen molar-refractivity contribution in [3.05, 3.63) is 112 Å². The lowest BCUT2D eigenvalue weighted by molar-refractivity contribution is 0.0780. The monoisotopic (exact) mass is 469 g/mol. The molecule has 0 saturated heterocycles. The van der Waals surface area contributed by atoms with Crippen molar-refractivity contribution in [2.45, 2.75) is 6.54 Å². The minimum Gasteiger partial charge on any atom is -0.336 e. The molecule has 0 aliphatic carbocycles. The number of aromatic nitrogens is 4. The molecule has 0 aliphatic heterocycles. The van der Waals surface area contributed by atoms with Crippen LogP contribution in [0.25, 0.3) is 27.7 Å². The fraction of sp³-hybridized carbons (Fsp3) is 0.0769. The first kappa shape index (κ1) is 21.6. The highest BCUT2D eigenvalue weighted by Gasteiger charge is 2.21. The molecule has 168 valence electrons. The molecule has 0 atom stereocenters. The zero-order chi connectivity index (χ0) is 23.7. The van der Waals surface area contributed by atoms with Gasteiger partial charge in [-0.25, -0.2) is 9.78 Å². The predicted molar refractivity (Wildman–Crippen MR) is 132 cm³/mol. The number of aromatic amines is 1. The van der Waals surface area contributed by atoms with E-state index in [9.17, 15) is 9.59 Å². The van der Waals surface area contributed by atoms with Crippen molar-refractivity contribution < 1.29 is 4.79 Å². The van der Waals surface area contributed by atoms with Crippen LogP contribution in [0.1, 0.15) is 16.1 Å². The second-order valence-electron chi connectivity index (χ2n) is 7.90. The first-order valence-corrected chi connectivity index (χ1v) is 11.0. The van der Waals surface area contributed by atoms with E-state index in [-0.39, 0.29) is 17.2 Å². The van der Waals surface area contributed by atoms with E-state index in [1.165, 1.54) is 0 Å². The Labute approximate surface area is 200 Å². The van der Waals surface area contributed by atoms with Gasteiger partial charge in [-0.05, 0) is 30.3 Å². The highest BCUT2D eigenvalue weighted by atomic mass is 35.5. The number of fused-ring (bicyclic) bond motifs is 1. The summed E-state index contributed by atoms with van der Waals surface area (Å²) in [5.41, 5.74) is 3.27. The summed E-state index contributed by atoms with van der Waals surface area (Å²) >= 11 is 6.08. The van der Waals surface area contributed by atoms with Crippen molar-refractivity contribution in [2.75, 3.05) is 7.05 Å². The van der Waals surface area contributed by atoms with Crippen molar-refractivity contribution in [3.63, 3.8) is 0 Å². The fourth-order valence-electron chi connectivity index (χ4n) is 3.88. The number of para-hydroxylation sites is 1. The fourth-order valence-corrected chi connectivity index (χ4v) is 4.00. The summed E-state index contributed by atoms with van der Waals surface area (Å²) in [6, 6.07) is 24.1. The number of H-pyrrole nitrogens is 1. The average molecular weight is 470 g/mol. The maximum atomic E-state index is 13.3. The molecule has 2 heterocycles. The molecule has 2 aromatic heterocycles. The third-order valence-electron chi connectivity index (χ3n) is 5.58. The Morgan fingerprint density at radius 3 is 2.38 bits per heavy atom. The Balaban J connectivity index is 1.53. The van der Waals surface area contributed by atoms with Gasteiger partial charge in [0.25, 0.3) is 11.5 Å². The number of nitrogens with one attached hydrogen (secondary N) is 1. The summed E-state index contributed by atoms with van der Waals surface area (Å²) in [4.78, 5) is 27.0. The highest BCUT2D eigenvalue weighted by Crippen LogP contribution is 2.27. The number of carbonyl (C=O) groups is 1. The first-order chi connectivity index (χ1) is 16.5. The molecule has 1 N–H and O–H groups in total. The summed E-state index contributed by atoms with van der Waals surface area (Å²) < 4.78 is 1.80. The number of amides is 1. The van der Waals surface area contributed by atoms with Gasteiger partial charge in [-0.15, -0.1) is 0 Å². The number of benzene rings is 3. The largest absolute Gasteiger partial charge is 0.336 e. The van der Waals surface area contributed by atoms with E-state index in [0.717, 1.165) is 22.5 Å². The van der Waals surface area contributed by atoms with Crippen LogP contribution in [-0.4, -0.2) is 37.8 Å². The maximum Gasteiger partial charge on any atom is 0.274 e. The van der Waals surface area contributed by atoms with Gasteiger partial charge in [0.2, 0.25) is 0 Å². The summed E-state index contributed by atoms with van der Waals surface area (Å²) in [7, 11) is 1.70.